The van der Waals surface area contributed by atoms with E-state index in [1.165, 1.54) is 6.42 Å². The molecule has 0 bridgehead atoms. The van der Waals surface area contributed by atoms with E-state index < -0.39 is 0 Å². The quantitative estimate of drug-likeness (QED) is 0.408. The monoisotopic (exact) mass is 504 g/mol. The molecule has 1 aliphatic heterocycles. The van der Waals surface area contributed by atoms with Gasteiger partial charge in [0.25, 0.3) is 11.8 Å². The van der Waals surface area contributed by atoms with Crippen LogP contribution in [-0.4, -0.2) is 17.9 Å². The topological polar surface area (TPSA) is 49.4 Å². The van der Waals surface area contributed by atoms with Gasteiger partial charge in [-0.3, -0.25) is 9.59 Å². The lowest BCUT2D eigenvalue weighted by Crippen LogP contribution is -2.43. The van der Waals surface area contributed by atoms with Crippen molar-refractivity contribution in [3.05, 3.63) is 88.4 Å². The fraction of sp³-hybridized carbons (Fsp3) is 0.310. The van der Waals surface area contributed by atoms with Crippen molar-refractivity contribution in [3.63, 3.8) is 0 Å². The number of amides is 2. The van der Waals surface area contributed by atoms with Gasteiger partial charge in [0.05, 0.1) is 17.8 Å². The molecular formula is C29H29ClN2O2S. The van der Waals surface area contributed by atoms with Crippen LogP contribution in [0, 0.1) is 11.8 Å². The van der Waals surface area contributed by atoms with Gasteiger partial charge in [-0.1, -0.05) is 74.3 Å². The van der Waals surface area contributed by atoms with Crippen LogP contribution in [0.25, 0.3) is 0 Å². The van der Waals surface area contributed by atoms with Crippen LogP contribution in [0.15, 0.2) is 76.5 Å². The van der Waals surface area contributed by atoms with Crippen LogP contribution in [0.4, 0.5) is 5.69 Å². The van der Waals surface area contributed by atoms with Crippen molar-refractivity contribution in [1.82, 2.24) is 5.32 Å². The van der Waals surface area contributed by atoms with E-state index in [-0.39, 0.29) is 17.9 Å². The Bertz CT molecular complexity index is 1280. The first-order chi connectivity index (χ1) is 16.9. The van der Waals surface area contributed by atoms with Gasteiger partial charge in [0, 0.05) is 26.4 Å². The fourth-order valence-corrected chi connectivity index (χ4v) is 6.35. The molecule has 180 valence electrons. The third kappa shape index (κ3) is 4.98. The molecule has 6 heteroatoms. The summed E-state index contributed by atoms with van der Waals surface area (Å²) in [6, 6.07) is 21.1. The Morgan fingerprint density at radius 1 is 1.03 bits per heavy atom. The lowest BCUT2D eigenvalue weighted by atomic mass is 9.78. The second kappa shape index (κ2) is 10.1. The molecular weight excluding hydrogens is 476 g/mol. The SMILES string of the molecule is CC1CCCC(NC(=O)c2ccc3c(c2)N(Cc2cccc(Cl)c2)C(=O)c2ccccc2S3)C1C. The summed E-state index contributed by atoms with van der Waals surface area (Å²) in [6.07, 6.45) is 3.36. The van der Waals surface area contributed by atoms with Gasteiger partial charge in [0.2, 0.25) is 0 Å². The van der Waals surface area contributed by atoms with E-state index in [1.54, 1.807) is 16.7 Å². The van der Waals surface area contributed by atoms with Crippen molar-refractivity contribution in [1.29, 1.82) is 0 Å². The molecule has 1 aliphatic carbocycles. The average Bonchev–Trinajstić information content (AvgIpc) is 2.96. The number of benzene rings is 3. The number of fused-ring (bicyclic) bond motifs is 2. The summed E-state index contributed by atoms with van der Waals surface area (Å²) >= 11 is 7.79. The van der Waals surface area contributed by atoms with Crippen LogP contribution in [-0.2, 0) is 6.54 Å². The Balaban J connectivity index is 1.51. The minimum Gasteiger partial charge on any atom is -0.349 e. The van der Waals surface area contributed by atoms with Crippen LogP contribution in [0.2, 0.25) is 5.02 Å². The molecule has 35 heavy (non-hydrogen) atoms. The standard InChI is InChI=1S/C29H29ClN2O2S/c1-18-7-5-11-24(19(18)2)31-28(33)21-13-14-27-25(16-21)32(17-20-8-6-9-22(30)15-20)29(34)23-10-3-4-12-26(23)35-27/h3-4,6,8-10,12-16,18-19,24H,5,7,11,17H2,1-2H3,(H,31,33). The van der Waals surface area contributed by atoms with E-state index in [2.05, 4.69) is 19.2 Å². The van der Waals surface area contributed by atoms with Crippen molar-refractivity contribution in [3.8, 4) is 0 Å². The van der Waals surface area contributed by atoms with E-state index in [0.717, 1.165) is 33.9 Å². The maximum absolute atomic E-state index is 13.7. The predicted molar refractivity (Wildman–Crippen MR) is 142 cm³/mol. The Morgan fingerprint density at radius 3 is 2.69 bits per heavy atom. The minimum absolute atomic E-state index is 0.0827. The normalized spacial score (nSPS) is 21.6. The molecule has 2 aliphatic rings. The van der Waals surface area contributed by atoms with Gasteiger partial charge in [-0.25, -0.2) is 0 Å². The number of anilines is 1. The molecule has 0 saturated heterocycles. The number of hydrogen-bond acceptors (Lipinski definition) is 3. The Hall–Kier alpha value is -2.76. The molecule has 4 nitrogen and oxygen atoms in total. The molecule has 1 fully saturated rings. The largest absolute Gasteiger partial charge is 0.349 e. The van der Waals surface area contributed by atoms with Crippen LogP contribution in [0.5, 0.6) is 0 Å². The van der Waals surface area contributed by atoms with Crippen LogP contribution in [0.3, 0.4) is 0 Å². The summed E-state index contributed by atoms with van der Waals surface area (Å²) < 4.78 is 0. The summed E-state index contributed by atoms with van der Waals surface area (Å²) in [5.41, 5.74) is 2.91. The van der Waals surface area contributed by atoms with Crippen LogP contribution >= 0.6 is 23.4 Å². The van der Waals surface area contributed by atoms with Crippen molar-refractivity contribution in [2.75, 3.05) is 4.90 Å². The summed E-state index contributed by atoms with van der Waals surface area (Å²) in [7, 11) is 0. The number of hydrogen-bond donors (Lipinski definition) is 1. The second-order valence-electron chi connectivity index (χ2n) is 9.65. The number of nitrogens with one attached hydrogen (secondary N) is 1. The number of rotatable bonds is 4. The molecule has 2 amide bonds. The van der Waals surface area contributed by atoms with Gasteiger partial charge in [-0.15, -0.1) is 0 Å². The average molecular weight is 505 g/mol. The highest BCUT2D eigenvalue weighted by atomic mass is 35.5. The maximum atomic E-state index is 13.7. The van der Waals surface area contributed by atoms with Gasteiger partial charge in [-0.2, -0.15) is 0 Å². The predicted octanol–water partition coefficient (Wildman–Crippen LogP) is 7.21. The fourth-order valence-electron chi connectivity index (χ4n) is 5.07. The number of nitrogens with zero attached hydrogens (tertiary/aromatic N) is 1. The number of carbonyl (C=O) groups excluding carboxylic acids is 2. The smallest absolute Gasteiger partial charge is 0.259 e. The van der Waals surface area contributed by atoms with Crippen molar-refractivity contribution in [2.45, 2.75) is 55.5 Å². The Kier molecular flexibility index (Phi) is 6.90. The molecule has 0 aromatic heterocycles. The molecule has 3 aromatic rings. The summed E-state index contributed by atoms with van der Waals surface area (Å²) in [5.74, 6) is 0.876. The second-order valence-corrected chi connectivity index (χ2v) is 11.2. The van der Waals surface area contributed by atoms with Gasteiger partial charge in [0.15, 0.2) is 0 Å². The first-order valence-corrected chi connectivity index (χ1v) is 13.4. The number of carbonyl (C=O) groups is 2. The highest BCUT2D eigenvalue weighted by Crippen LogP contribution is 2.42. The van der Waals surface area contributed by atoms with E-state index in [9.17, 15) is 9.59 Å². The van der Waals surface area contributed by atoms with Crippen molar-refractivity contribution in [2.24, 2.45) is 11.8 Å². The van der Waals surface area contributed by atoms with Gasteiger partial charge < -0.3 is 10.2 Å². The third-order valence-electron chi connectivity index (χ3n) is 7.35. The first kappa shape index (κ1) is 24.0. The van der Waals surface area contributed by atoms with Gasteiger partial charge >= 0.3 is 0 Å². The number of halogens is 1. The van der Waals surface area contributed by atoms with E-state index in [0.29, 0.717) is 34.5 Å². The van der Waals surface area contributed by atoms with Gasteiger partial charge in [-0.05, 0) is 66.3 Å². The zero-order valence-corrected chi connectivity index (χ0v) is 21.5. The van der Waals surface area contributed by atoms with Crippen molar-refractivity contribution < 1.29 is 9.59 Å². The van der Waals surface area contributed by atoms with Crippen molar-refractivity contribution >= 4 is 40.9 Å². The minimum atomic E-state index is -0.0842. The Morgan fingerprint density at radius 2 is 1.86 bits per heavy atom. The third-order valence-corrected chi connectivity index (χ3v) is 8.72. The van der Waals surface area contributed by atoms with E-state index in [4.69, 9.17) is 11.6 Å². The zero-order chi connectivity index (χ0) is 24.5. The lowest BCUT2D eigenvalue weighted by Gasteiger charge is -2.34. The van der Waals surface area contributed by atoms with E-state index in [1.807, 2.05) is 66.7 Å². The molecule has 0 radical (unpaired) electrons. The first-order valence-electron chi connectivity index (χ1n) is 12.2. The Labute approximate surface area is 216 Å². The van der Waals surface area contributed by atoms with Crippen LogP contribution in [0.1, 0.15) is 59.4 Å². The highest BCUT2D eigenvalue weighted by Gasteiger charge is 2.30. The molecule has 1 heterocycles. The lowest BCUT2D eigenvalue weighted by molar-refractivity contribution is 0.0889. The molecule has 5 rings (SSSR count). The molecule has 3 aromatic carbocycles. The molecule has 1 N–H and O–H groups in total. The van der Waals surface area contributed by atoms with Gasteiger partial charge in [0.1, 0.15) is 0 Å². The van der Waals surface area contributed by atoms with Crippen LogP contribution < -0.4 is 10.2 Å². The molecule has 3 unspecified atom stereocenters. The maximum Gasteiger partial charge on any atom is 0.259 e. The molecule has 0 spiro atoms. The zero-order valence-electron chi connectivity index (χ0n) is 20.0. The van der Waals surface area contributed by atoms with E-state index >= 15 is 0 Å². The highest BCUT2D eigenvalue weighted by molar-refractivity contribution is 7.99. The molecule has 1 saturated carbocycles. The summed E-state index contributed by atoms with van der Waals surface area (Å²) in [4.78, 5) is 30.7. The summed E-state index contributed by atoms with van der Waals surface area (Å²) in [6.45, 7) is 4.86. The molecule has 3 atom stereocenters. The summed E-state index contributed by atoms with van der Waals surface area (Å²) in [5, 5.41) is 3.90.